The third kappa shape index (κ3) is 5.99. The summed E-state index contributed by atoms with van der Waals surface area (Å²) in [7, 11) is -3.96. The van der Waals surface area contributed by atoms with Crippen LogP contribution in [0.1, 0.15) is 24.5 Å². The van der Waals surface area contributed by atoms with Crippen molar-refractivity contribution in [2.24, 2.45) is 0 Å². The van der Waals surface area contributed by atoms with Crippen molar-refractivity contribution in [2.75, 3.05) is 42.0 Å². The largest absolute Gasteiger partial charge is 0.494 e. The molecule has 1 heterocycles. The van der Waals surface area contributed by atoms with Crippen LogP contribution in [0.25, 0.3) is 0 Å². The zero-order valence-electron chi connectivity index (χ0n) is 20.8. The number of rotatable bonds is 11. The molecular formula is C28H33N3O4S. The Morgan fingerprint density at radius 2 is 1.75 bits per heavy atom. The summed E-state index contributed by atoms with van der Waals surface area (Å²) in [5.74, 6) is 0.253. The van der Waals surface area contributed by atoms with Crippen molar-refractivity contribution >= 4 is 27.3 Å². The minimum absolute atomic E-state index is 0.104. The van der Waals surface area contributed by atoms with Crippen LogP contribution >= 0.6 is 0 Å². The van der Waals surface area contributed by atoms with Crippen molar-refractivity contribution < 1.29 is 17.9 Å². The Labute approximate surface area is 213 Å². The highest BCUT2D eigenvalue weighted by atomic mass is 32.2. The molecule has 0 saturated carbocycles. The number of benzene rings is 3. The molecule has 190 valence electrons. The van der Waals surface area contributed by atoms with Gasteiger partial charge in [-0.05, 0) is 74.7 Å². The van der Waals surface area contributed by atoms with Crippen molar-refractivity contribution in [1.29, 1.82) is 0 Å². The highest BCUT2D eigenvalue weighted by molar-refractivity contribution is 7.92. The average molecular weight is 508 g/mol. The Balaban J connectivity index is 1.41. The second-order valence-corrected chi connectivity index (χ2v) is 10.7. The Hall–Kier alpha value is -3.52. The zero-order valence-corrected chi connectivity index (χ0v) is 21.6. The third-order valence-electron chi connectivity index (χ3n) is 6.24. The van der Waals surface area contributed by atoms with Crippen molar-refractivity contribution in [3.05, 3.63) is 83.9 Å². The maximum atomic E-state index is 13.5. The highest BCUT2D eigenvalue weighted by Crippen LogP contribution is 2.27. The number of sulfonamides is 1. The maximum absolute atomic E-state index is 13.5. The SMILES string of the molecule is CCOc1ccc(S(=O)(=O)N(CC(=O)NCCCN2CCc3ccccc32)c2ccc(C)cc2)cc1. The van der Waals surface area contributed by atoms with Crippen molar-refractivity contribution in [3.8, 4) is 5.75 Å². The number of hydrogen-bond donors (Lipinski definition) is 1. The Kier molecular flexibility index (Phi) is 8.15. The van der Waals surface area contributed by atoms with E-state index in [1.165, 1.54) is 23.4 Å². The van der Waals surface area contributed by atoms with Crippen LogP contribution < -0.4 is 19.3 Å². The molecule has 0 spiro atoms. The molecule has 0 atom stereocenters. The molecule has 0 bridgehead atoms. The first-order valence-corrected chi connectivity index (χ1v) is 13.7. The van der Waals surface area contributed by atoms with Crippen molar-refractivity contribution in [2.45, 2.75) is 31.6 Å². The van der Waals surface area contributed by atoms with E-state index in [-0.39, 0.29) is 17.3 Å². The van der Waals surface area contributed by atoms with Gasteiger partial charge in [0.15, 0.2) is 0 Å². The smallest absolute Gasteiger partial charge is 0.264 e. The fraction of sp³-hybridized carbons (Fsp3) is 0.321. The Bertz CT molecular complexity index is 1270. The number of ether oxygens (including phenoxy) is 1. The van der Waals surface area contributed by atoms with Gasteiger partial charge in [0.25, 0.3) is 10.0 Å². The van der Waals surface area contributed by atoms with Gasteiger partial charge in [-0.2, -0.15) is 0 Å². The lowest BCUT2D eigenvalue weighted by molar-refractivity contribution is -0.119. The predicted molar refractivity (Wildman–Crippen MR) is 143 cm³/mol. The van der Waals surface area contributed by atoms with Gasteiger partial charge in [0.05, 0.1) is 17.2 Å². The normalized spacial score (nSPS) is 12.8. The number of nitrogens with one attached hydrogen (secondary N) is 1. The Morgan fingerprint density at radius 1 is 1.03 bits per heavy atom. The number of carbonyl (C=O) groups is 1. The Morgan fingerprint density at radius 3 is 2.47 bits per heavy atom. The number of hydrogen-bond acceptors (Lipinski definition) is 5. The summed E-state index contributed by atoms with van der Waals surface area (Å²) in [5, 5.41) is 2.90. The van der Waals surface area contributed by atoms with Crippen LogP contribution in [0.4, 0.5) is 11.4 Å². The van der Waals surface area contributed by atoms with E-state index in [0.29, 0.717) is 24.6 Å². The molecule has 1 N–H and O–H groups in total. The minimum atomic E-state index is -3.96. The first kappa shape index (κ1) is 25.6. The number of fused-ring (bicyclic) bond motifs is 1. The second-order valence-electron chi connectivity index (χ2n) is 8.82. The van der Waals surface area contributed by atoms with Gasteiger partial charge >= 0.3 is 0 Å². The van der Waals surface area contributed by atoms with E-state index < -0.39 is 10.0 Å². The molecule has 0 aromatic heterocycles. The predicted octanol–water partition coefficient (Wildman–Crippen LogP) is 4.16. The summed E-state index contributed by atoms with van der Waals surface area (Å²) < 4.78 is 33.7. The quantitative estimate of drug-likeness (QED) is 0.395. The number of amides is 1. The molecule has 3 aromatic rings. The van der Waals surface area contributed by atoms with E-state index in [9.17, 15) is 13.2 Å². The standard InChI is InChI=1S/C28H33N3O4S/c1-3-35-25-13-15-26(16-14-25)36(33,34)31(24-11-9-22(2)10-12-24)21-28(32)29-18-6-19-30-20-17-23-7-4-5-8-27(23)30/h4-5,7-16H,3,6,17-21H2,1-2H3,(H,29,32). The third-order valence-corrected chi connectivity index (χ3v) is 8.03. The van der Waals surface area contributed by atoms with Gasteiger partial charge in [0.1, 0.15) is 12.3 Å². The maximum Gasteiger partial charge on any atom is 0.264 e. The summed E-state index contributed by atoms with van der Waals surface area (Å²) in [4.78, 5) is 15.3. The van der Waals surface area contributed by atoms with Crippen molar-refractivity contribution in [3.63, 3.8) is 0 Å². The van der Waals surface area contributed by atoms with Crippen LogP contribution in [0.3, 0.4) is 0 Å². The molecule has 0 fully saturated rings. The van der Waals surface area contributed by atoms with Crippen LogP contribution in [-0.2, 0) is 21.2 Å². The van der Waals surface area contributed by atoms with Gasteiger partial charge in [0, 0.05) is 25.3 Å². The van der Waals surface area contributed by atoms with Gasteiger partial charge in [-0.1, -0.05) is 35.9 Å². The molecule has 7 nitrogen and oxygen atoms in total. The number of anilines is 2. The van der Waals surface area contributed by atoms with Gasteiger partial charge in [0.2, 0.25) is 5.91 Å². The molecule has 0 radical (unpaired) electrons. The summed E-state index contributed by atoms with van der Waals surface area (Å²) >= 11 is 0. The summed E-state index contributed by atoms with van der Waals surface area (Å²) in [6.07, 6.45) is 1.81. The van der Waals surface area contributed by atoms with E-state index in [1.807, 2.05) is 32.0 Å². The molecule has 1 amide bonds. The van der Waals surface area contributed by atoms with E-state index in [4.69, 9.17) is 4.74 Å². The first-order chi connectivity index (χ1) is 17.4. The molecule has 4 rings (SSSR count). The van der Waals surface area contributed by atoms with Gasteiger partial charge < -0.3 is 15.0 Å². The van der Waals surface area contributed by atoms with Crippen LogP contribution in [0.15, 0.2) is 77.7 Å². The number of aryl methyl sites for hydroxylation is 1. The lowest BCUT2D eigenvalue weighted by Crippen LogP contribution is -2.41. The van der Waals surface area contributed by atoms with E-state index in [0.717, 1.165) is 35.8 Å². The summed E-state index contributed by atoms with van der Waals surface area (Å²) in [5.41, 5.74) is 4.06. The fourth-order valence-electron chi connectivity index (χ4n) is 4.35. The van der Waals surface area contributed by atoms with Crippen LogP contribution in [0.5, 0.6) is 5.75 Å². The lowest BCUT2D eigenvalue weighted by Gasteiger charge is -2.24. The van der Waals surface area contributed by atoms with Crippen LogP contribution in [0.2, 0.25) is 0 Å². The van der Waals surface area contributed by atoms with Crippen molar-refractivity contribution in [1.82, 2.24) is 5.32 Å². The topological polar surface area (TPSA) is 79.0 Å². The molecule has 3 aromatic carbocycles. The molecule has 0 saturated heterocycles. The number of para-hydroxylation sites is 1. The molecule has 0 unspecified atom stereocenters. The van der Waals surface area contributed by atoms with Crippen LogP contribution in [-0.4, -0.2) is 47.1 Å². The molecule has 8 heteroatoms. The molecule has 0 aliphatic carbocycles. The summed E-state index contributed by atoms with van der Waals surface area (Å²) in [6.45, 7) is 6.28. The minimum Gasteiger partial charge on any atom is -0.494 e. The zero-order chi connectivity index (χ0) is 25.5. The van der Waals surface area contributed by atoms with E-state index in [1.54, 1.807) is 24.3 Å². The van der Waals surface area contributed by atoms with E-state index >= 15 is 0 Å². The molecule has 1 aliphatic rings. The molecule has 1 aliphatic heterocycles. The monoisotopic (exact) mass is 507 g/mol. The second kappa shape index (κ2) is 11.5. The first-order valence-electron chi connectivity index (χ1n) is 12.3. The molecular weight excluding hydrogens is 474 g/mol. The lowest BCUT2D eigenvalue weighted by atomic mass is 10.2. The van der Waals surface area contributed by atoms with Crippen LogP contribution in [0, 0.1) is 6.92 Å². The van der Waals surface area contributed by atoms with Gasteiger partial charge in [-0.3, -0.25) is 9.10 Å². The number of nitrogens with zero attached hydrogens (tertiary/aromatic N) is 2. The van der Waals surface area contributed by atoms with E-state index in [2.05, 4.69) is 28.4 Å². The number of carbonyl (C=O) groups excluding carboxylic acids is 1. The average Bonchev–Trinajstić information content (AvgIpc) is 3.29. The summed E-state index contributed by atoms with van der Waals surface area (Å²) in [6, 6.07) is 21.8. The highest BCUT2D eigenvalue weighted by Gasteiger charge is 2.27. The fourth-order valence-corrected chi connectivity index (χ4v) is 5.77. The van der Waals surface area contributed by atoms with Gasteiger partial charge in [-0.15, -0.1) is 0 Å². The molecule has 36 heavy (non-hydrogen) atoms. The van der Waals surface area contributed by atoms with Gasteiger partial charge in [-0.25, -0.2) is 8.42 Å².